The highest BCUT2D eigenvalue weighted by atomic mass is 16.5. The van der Waals surface area contributed by atoms with Gasteiger partial charge in [0, 0.05) is 46.7 Å². The topological polar surface area (TPSA) is 197 Å². The number of aromatic amines is 2. The monoisotopic (exact) mass is 886 g/mol. The number of nitrogens with zero attached hydrogens (tertiary/aromatic N) is 10. The summed E-state index contributed by atoms with van der Waals surface area (Å²) in [6, 6.07) is 37.4. The van der Waals surface area contributed by atoms with Crippen molar-refractivity contribution in [1.29, 1.82) is 0 Å². The SMILES string of the molecule is c1cncc(Oc2cccc3c2-c2nc-3nc3[nH]c(nc4nc(nc5[nH]c(n2)c2cccc(Oc6cccnc6)c52)-c2cccc(Oc5cccnc5)c2-4)c2cccc(Oc4cccnc4)c32)c1. The molecule has 13 rings (SSSR count). The fraction of sp³-hybridized carbons (Fsp3) is 0. The molecule has 2 aliphatic heterocycles. The summed E-state index contributed by atoms with van der Waals surface area (Å²) in [6.07, 6.45) is 13.4. The van der Waals surface area contributed by atoms with E-state index in [0.717, 1.165) is 0 Å². The second kappa shape index (κ2) is 15.9. The van der Waals surface area contributed by atoms with E-state index in [1.807, 2.05) is 121 Å². The van der Waals surface area contributed by atoms with Gasteiger partial charge in [-0.15, -0.1) is 0 Å². The lowest BCUT2D eigenvalue weighted by Crippen LogP contribution is -1.90. The minimum atomic E-state index is 0.336. The molecular weight excluding hydrogens is 857 g/mol. The lowest BCUT2D eigenvalue weighted by atomic mass is 10.1. The van der Waals surface area contributed by atoms with E-state index in [1.54, 1.807) is 49.6 Å². The smallest absolute Gasteiger partial charge is 0.168 e. The maximum atomic E-state index is 6.52. The summed E-state index contributed by atoms with van der Waals surface area (Å²) in [5.41, 5.74) is 4.33. The molecule has 16 nitrogen and oxygen atoms in total. The van der Waals surface area contributed by atoms with Crippen LogP contribution in [-0.4, -0.2) is 59.8 Å². The zero-order chi connectivity index (χ0) is 45.0. The number of ether oxygens (including phenoxy) is 4. The van der Waals surface area contributed by atoms with Crippen molar-refractivity contribution in [2.75, 3.05) is 0 Å². The van der Waals surface area contributed by atoms with E-state index in [4.69, 9.17) is 48.9 Å². The maximum Gasteiger partial charge on any atom is 0.168 e. The number of hydrogen-bond donors (Lipinski definition) is 2. The van der Waals surface area contributed by atoms with Crippen molar-refractivity contribution in [3.8, 4) is 91.5 Å². The molecule has 2 N–H and O–H groups in total. The predicted molar refractivity (Wildman–Crippen MR) is 253 cm³/mol. The van der Waals surface area contributed by atoms with Crippen molar-refractivity contribution < 1.29 is 18.9 Å². The molecule has 11 aromatic rings. The first kappa shape index (κ1) is 38.5. The molecule has 2 aliphatic rings. The van der Waals surface area contributed by atoms with Gasteiger partial charge in [-0.25, -0.2) is 29.9 Å². The number of benzene rings is 4. The zero-order valence-electron chi connectivity index (χ0n) is 35.3. The van der Waals surface area contributed by atoms with Gasteiger partial charge in [-0.2, -0.15) is 0 Å². The van der Waals surface area contributed by atoms with Gasteiger partial charge in [-0.1, -0.05) is 48.5 Å². The Kier molecular flexibility index (Phi) is 9.02. The molecule has 0 fully saturated rings. The number of pyridine rings is 4. The van der Waals surface area contributed by atoms with Crippen LogP contribution in [0.25, 0.3) is 89.7 Å². The Labute approximate surface area is 384 Å². The third kappa shape index (κ3) is 6.80. The van der Waals surface area contributed by atoms with Crippen molar-refractivity contribution in [2.45, 2.75) is 0 Å². The quantitative estimate of drug-likeness (QED) is 0.146. The third-order valence-corrected chi connectivity index (χ3v) is 11.2. The molecule has 7 aromatic heterocycles. The molecule has 0 saturated heterocycles. The number of hydrogen-bond acceptors (Lipinski definition) is 14. The molecule has 0 unspecified atom stereocenters. The molecular formula is C52H30N12O4. The van der Waals surface area contributed by atoms with Gasteiger partial charge in [0.2, 0.25) is 0 Å². The predicted octanol–water partition coefficient (Wildman–Crippen LogP) is 11.6. The molecule has 0 amide bonds. The molecule has 0 spiro atoms. The van der Waals surface area contributed by atoms with Crippen LogP contribution in [0.1, 0.15) is 0 Å². The highest BCUT2D eigenvalue weighted by molar-refractivity contribution is 6.10. The van der Waals surface area contributed by atoms with Gasteiger partial charge in [-0.3, -0.25) is 19.9 Å². The minimum Gasteiger partial charge on any atom is -0.455 e. The summed E-state index contributed by atoms with van der Waals surface area (Å²) in [6.45, 7) is 0. The molecule has 0 saturated carbocycles. The summed E-state index contributed by atoms with van der Waals surface area (Å²) in [4.78, 5) is 55.6. The van der Waals surface area contributed by atoms with Gasteiger partial charge >= 0.3 is 0 Å². The van der Waals surface area contributed by atoms with E-state index in [2.05, 4.69) is 29.9 Å². The number of fused-ring (bicyclic) bond motifs is 20. The summed E-state index contributed by atoms with van der Waals surface area (Å²) in [5, 5.41) is 2.69. The molecule has 0 radical (unpaired) electrons. The van der Waals surface area contributed by atoms with Crippen LogP contribution in [0.5, 0.6) is 46.0 Å². The Morgan fingerprint density at radius 1 is 0.309 bits per heavy atom. The van der Waals surface area contributed by atoms with Gasteiger partial charge in [0.25, 0.3) is 0 Å². The van der Waals surface area contributed by atoms with E-state index >= 15 is 0 Å². The van der Waals surface area contributed by atoms with E-state index in [0.29, 0.717) is 136 Å². The van der Waals surface area contributed by atoms with Crippen molar-refractivity contribution in [2.24, 2.45) is 0 Å². The first-order chi connectivity index (χ1) is 33.7. The van der Waals surface area contributed by atoms with Gasteiger partial charge in [0.15, 0.2) is 23.3 Å². The summed E-state index contributed by atoms with van der Waals surface area (Å²) in [5.74, 6) is 5.57. The lowest BCUT2D eigenvalue weighted by molar-refractivity contribution is 0.482. The summed E-state index contributed by atoms with van der Waals surface area (Å²) >= 11 is 0. The van der Waals surface area contributed by atoms with Crippen LogP contribution in [0, 0.1) is 0 Å². The first-order valence-electron chi connectivity index (χ1n) is 21.3. The molecule has 322 valence electrons. The second-order valence-electron chi connectivity index (χ2n) is 15.5. The van der Waals surface area contributed by atoms with Crippen LogP contribution in [0.4, 0.5) is 0 Å². The van der Waals surface area contributed by atoms with Crippen LogP contribution >= 0.6 is 0 Å². The molecule has 16 heteroatoms. The van der Waals surface area contributed by atoms with E-state index in [-0.39, 0.29) is 0 Å². The molecule has 8 bridgehead atoms. The highest BCUT2D eigenvalue weighted by Crippen LogP contribution is 2.46. The Balaban J connectivity index is 1.15. The van der Waals surface area contributed by atoms with Crippen LogP contribution in [0.3, 0.4) is 0 Å². The van der Waals surface area contributed by atoms with Crippen molar-refractivity contribution in [3.05, 3.63) is 171 Å². The first-order valence-corrected chi connectivity index (χ1v) is 21.3. The average Bonchev–Trinajstić information content (AvgIpc) is 4.12. The fourth-order valence-corrected chi connectivity index (χ4v) is 8.34. The molecule has 9 heterocycles. The highest BCUT2D eigenvalue weighted by Gasteiger charge is 2.28. The van der Waals surface area contributed by atoms with Crippen LogP contribution in [0.2, 0.25) is 0 Å². The van der Waals surface area contributed by atoms with Crippen LogP contribution in [0.15, 0.2) is 171 Å². The van der Waals surface area contributed by atoms with E-state index in [9.17, 15) is 0 Å². The van der Waals surface area contributed by atoms with Gasteiger partial charge in [-0.05, 0) is 72.8 Å². The number of aromatic nitrogens is 12. The van der Waals surface area contributed by atoms with Gasteiger partial charge in [0.05, 0.1) is 46.7 Å². The Morgan fingerprint density at radius 3 is 1.04 bits per heavy atom. The Morgan fingerprint density at radius 2 is 0.662 bits per heavy atom. The van der Waals surface area contributed by atoms with Gasteiger partial charge < -0.3 is 28.9 Å². The number of nitrogens with one attached hydrogen (secondary N) is 2. The summed E-state index contributed by atoms with van der Waals surface area (Å²) < 4.78 is 26.1. The Hall–Kier alpha value is -9.96. The normalized spacial score (nSPS) is 11.5. The number of rotatable bonds is 8. The Bertz CT molecular complexity index is 3670. The molecule has 68 heavy (non-hydrogen) atoms. The van der Waals surface area contributed by atoms with Crippen LogP contribution < -0.4 is 18.9 Å². The summed E-state index contributed by atoms with van der Waals surface area (Å²) in [7, 11) is 0. The van der Waals surface area contributed by atoms with E-state index in [1.165, 1.54) is 0 Å². The zero-order valence-corrected chi connectivity index (χ0v) is 35.3. The van der Waals surface area contributed by atoms with Gasteiger partial charge in [0.1, 0.15) is 68.6 Å². The van der Waals surface area contributed by atoms with Crippen molar-refractivity contribution in [1.82, 2.24) is 59.8 Å². The largest absolute Gasteiger partial charge is 0.455 e. The molecule has 0 aliphatic carbocycles. The van der Waals surface area contributed by atoms with Crippen molar-refractivity contribution >= 4 is 44.1 Å². The third-order valence-electron chi connectivity index (χ3n) is 11.2. The average molecular weight is 887 g/mol. The standard InChI is InChI=1S/C52H30N12O4/c1-13-33-41(37(17-1)65-29-9-5-21-53-25-29)49-57-45(33)61-50-42-34(14-2-18-38(42)66-30-10-6-22-54-26-30)47(58-50)63-52-44-36(16-4-20-40(44)68-32-12-8-24-56-28-32)48(60-52)64-51-43-35(46(59-51)62-49)15-3-19-39(43)67-31-11-7-23-55-27-31/h1-28H,(H2,57,58,59,60,61,62,63,64). The van der Waals surface area contributed by atoms with E-state index < -0.39 is 0 Å². The van der Waals surface area contributed by atoms with Crippen molar-refractivity contribution in [3.63, 3.8) is 0 Å². The number of H-pyrrole nitrogens is 2. The molecule has 4 aromatic carbocycles. The molecule has 0 atom stereocenters. The van der Waals surface area contributed by atoms with Crippen LogP contribution in [-0.2, 0) is 0 Å². The fourth-order valence-electron chi connectivity index (χ4n) is 8.34. The minimum absolute atomic E-state index is 0.336. The second-order valence-corrected chi connectivity index (χ2v) is 15.5. The maximum absolute atomic E-state index is 6.52. The lowest BCUT2D eigenvalue weighted by Gasteiger charge is -2.09.